The van der Waals surface area contributed by atoms with Crippen molar-refractivity contribution in [2.75, 3.05) is 0 Å². The fourth-order valence-electron chi connectivity index (χ4n) is 5.17. The SMILES string of the molecule is Cc1cc(C)c(Cc2c(C)c(O)c(C)c(Cc3c(C)cc(C)c(O)c3C)c2C)c(C)c1O. The second-order valence-corrected chi connectivity index (χ2v) is 9.46. The van der Waals surface area contributed by atoms with E-state index in [2.05, 4.69) is 20.8 Å². The number of phenolic OH excluding ortho intramolecular Hbond substituents is 3. The zero-order valence-corrected chi connectivity index (χ0v) is 20.9. The van der Waals surface area contributed by atoms with E-state index >= 15 is 0 Å². The van der Waals surface area contributed by atoms with Crippen molar-refractivity contribution in [3.63, 3.8) is 0 Å². The molecule has 0 radical (unpaired) electrons. The van der Waals surface area contributed by atoms with E-state index in [0.717, 1.165) is 72.3 Å². The summed E-state index contributed by atoms with van der Waals surface area (Å²) in [7, 11) is 0. The van der Waals surface area contributed by atoms with Crippen LogP contribution in [-0.2, 0) is 12.8 Å². The molecule has 0 fully saturated rings. The molecule has 3 aromatic carbocycles. The molecule has 0 aromatic heterocycles. The number of hydrogen-bond donors (Lipinski definition) is 3. The maximum Gasteiger partial charge on any atom is 0.121 e. The third kappa shape index (κ3) is 3.85. The quantitative estimate of drug-likeness (QED) is 0.427. The van der Waals surface area contributed by atoms with Gasteiger partial charge in [-0.15, -0.1) is 0 Å². The molecule has 0 saturated carbocycles. The maximum atomic E-state index is 11.0. The largest absolute Gasteiger partial charge is 0.507 e. The molecule has 0 saturated heterocycles. The summed E-state index contributed by atoms with van der Waals surface area (Å²) in [6.07, 6.45) is 1.31. The van der Waals surface area contributed by atoms with Crippen molar-refractivity contribution in [3.8, 4) is 17.2 Å². The standard InChI is InChI=1S/C29H36O3/c1-14-10-16(3)27(30)19(6)23(14)12-25-18(5)26(22(9)29(32)21(25)8)13-24-15(2)11-17(4)28(31)20(24)7/h10-11,30-32H,12-13H2,1-9H3. The van der Waals surface area contributed by atoms with Gasteiger partial charge in [-0.1, -0.05) is 12.1 Å². The zero-order valence-electron chi connectivity index (χ0n) is 20.9. The van der Waals surface area contributed by atoms with Crippen molar-refractivity contribution >= 4 is 0 Å². The Hall–Kier alpha value is -2.94. The van der Waals surface area contributed by atoms with Crippen molar-refractivity contribution in [3.05, 3.63) is 84.5 Å². The first-order chi connectivity index (χ1) is 14.9. The number of aromatic hydroxyl groups is 3. The molecule has 0 atom stereocenters. The number of aryl methyl sites for hydroxylation is 4. The van der Waals surface area contributed by atoms with Gasteiger partial charge in [-0.2, -0.15) is 0 Å². The Balaban J connectivity index is 2.19. The molecular formula is C29H36O3. The normalized spacial score (nSPS) is 11.3. The highest BCUT2D eigenvalue weighted by atomic mass is 16.3. The Morgan fingerprint density at radius 3 is 1.06 bits per heavy atom. The Kier molecular flexibility index (Phi) is 6.33. The van der Waals surface area contributed by atoms with Gasteiger partial charge in [-0.25, -0.2) is 0 Å². The summed E-state index contributed by atoms with van der Waals surface area (Å²) in [4.78, 5) is 0. The highest BCUT2D eigenvalue weighted by Gasteiger charge is 2.21. The van der Waals surface area contributed by atoms with Crippen LogP contribution in [0.1, 0.15) is 72.3 Å². The van der Waals surface area contributed by atoms with E-state index in [1.165, 1.54) is 0 Å². The van der Waals surface area contributed by atoms with E-state index < -0.39 is 0 Å². The first kappa shape index (κ1) is 23.7. The molecule has 0 unspecified atom stereocenters. The van der Waals surface area contributed by atoms with E-state index in [1.54, 1.807) is 0 Å². The monoisotopic (exact) mass is 432 g/mol. The topological polar surface area (TPSA) is 60.7 Å². The smallest absolute Gasteiger partial charge is 0.121 e. The molecule has 0 aliphatic heterocycles. The molecular weight excluding hydrogens is 396 g/mol. The number of hydrogen-bond acceptors (Lipinski definition) is 3. The summed E-state index contributed by atoms with van der Waals surface area (Å²) >= 11 is 0. The highest BCUT2D eigenvalue weighted by molar-refractivity contribution is 5.59. The summed E-state index contributed by atoms with van der Waals surface area (Å²) in [5, 5.41) is 32.0. The van der Waals surface area contributed by atoms with Crippen molar-refractivity contribution < 1.29 is 15.3 Å². The van der Waals surface area contributed by atoms with Gasteiger partial charge in [0.25, 0.3) is 0 Å². The molecule has 0 aliphatic rings. The van der Waals surface area contributed by atoms with Gasteiger partial charge in [-0.3, -0.25) is 0 Å². The van der Waals surface area contributed by atoms with Crippen LogP contribution in [0.2, 0.25) is 0 Å². The molecule has 170 valence electrons. The lowest BCUT2D eigenvalue weighted by molar-refractivity contribution is 0.464. The van der Waals surface area contributed by atoms with Crippen LogP contribution in [0.5, 0.6) is 17.2 Å². The van der Waals surface area contributed by atoms with Crippen LogP contribution >= 0.6 is 0 Å². The predicted octanol–water partition coefficient (Wildman–Crippen LogP) is 6.76. The lowest BCUT2D eigenvalue weighted by Crippen LogP contribution is -2.08. The molecule has 3 rings (SSSR count). The Bertz CT molecular complexity index is 1140. The van der Waals surface area contributed by atoms with Crippen LogP contribution in [-0.4, -0.2) is 15.3 Å². The first-order valence-electron chi connectivity index (χ1n) is 11.2. The van der Waals surface area contributed by atoms with Crippen molar-refractivity contribution in [1.29, 1.82) is 0 Å². The molecule has 3 nitrogen and oxygen atoms in total. The van der Waals surface area contributed by atoms with Gasteiger partial charge >= 0.3 is 0 Å². The van der Waals surface area contributed by atoms with Gasteiger partial charge < -0.3 is 15.3 Å². The molecule has 0 amide bonds. The lowest BCUT2D eigenvalue weighted by atomic mass is 9.83. The van der Waals surface area contributed by atoms with Crippen LogP contribution < -0.4 is 0 Å². The van der Waals surface area contributed by atoms with Crippen LogP contribution in [0.15, 0.2) is 12.1 Å². The van der Waals surface area contributed by atoms with Gasteiger partial charge in [-0.05, 0) is 147 Å². The summed E-state index contributed by atoms with van der Waals surface area (Å²) < 4.78 is 0. The zero-order chi connectivity index (χ0) is 24.1. The second-order valence-electron chi connectivity index (χ2n) is 9.46. The highest BCUT2D eigenvalue weighted by Crippen LogP contribution is 2.38. The Morgan fingerprint density at radius 1 is 0.406 bits per heavy atom. The number of benzene rings is 3. The van der Waals surface area contributed by atoms with Crippen LogP contribution in [0.3, 0.4) is 0 Å². The fourth-order valence-corrected chi connectivity index (χ4v) is 5.17. The average Bonchev–Trinajstić information content (AvgIpc) is 2.73. The van der Waals surface area contributed by atoms with E-state index in [9.17, 15) is 15.3 Å². The summed E-state index contributed by atoms with van der Waals surface area (Å²) in [6.45, 7) is 18.0. The maximum absolute atomic E-state index is 11.0. The summed E-state index contributed by atoms with van der Waals surface area (Å²) in [5.74, 6) is 1.02. The van der Waals surface area contributed by atoms with Crippen molar-refractivity contribution in [2.24, 2.45) is 0 Å². The first-order valence-corrected chi connectivity index (χ1v) is 11.2. The van der Waals surface area contributed by atoms with E-state index in [-0.39, 0.29) is 0 Å². The predicted molar refractivity (Wildman–Crippen MR) is 133 cm³/mol. The van der Waals surface area contributed by atoms with Gasteiger partial charge in [0.15, 0.2) is 0 Å². The third-order valence-corrected chi connectivity index (χ3v) is 7.41. The Morgan fingerprint density at radius 2 is 0.719 bits per heavy atom. The number of rotatable bonds is 4. The Labute approximate surface area is 192 Å². The van der Waals surface area contributed by atoms with Crippen LogP contribution in [0, 0.1) is 62.3 Å². The van der Waals surface area contributed by atoms with Gasteiger partial charge in [0.1, 0.15) is 17.2 Å². The molecule has 3 N–H and O–H groups in total. The molecule has 0 bridgehead atoms. The van der Waals surface area contributed by atoms with Crippen molar-refractivity contribution in [1.82, 2.24) is 0 Å². The molecule has 0 spiro atoms. The van der Waals surface area contributed by atoms with E-state index in [4.69, 9.17) is 0 Å². The summed E-state index contributed by atoms with van der Waals surface area (Å²) in [6, 6.07) is 4.05. The minimum absolute atomic E-state index is 0.332. The molecule has 3 heteroatoms. The second kappa shape index (κ2) is 8.54. The number of phenols is 3. The van der Waals surface area contributed by atoms with Crippen LogP contribution in [0.25, 0.3) is 0 Å². The summed E-state index contributed by atoms with van der Waals surface area (Å²) in [5.41, 5.74) is 13.2. The van der Waals surface area contributed by atoms with Crippen LogP contribution in [0.4, 0.5) is 0 Å². The average molecular weight is 433 g/mol. The fraction of sp³-hybridized carbons (Fsp3) is 0.379. The molecule has 0 aliphatic carbocycles. The molecule has 0 heterocycles. The van der Waals surface area contributed by atoms with E-state index in [0.29, 0.717) is 30.1 Å². The lowest BCUT2D eigenvalue weighted by Gasteiger charge is -2.23. The van der Waals surface area contributed by atoms with Gasteiger partial charge in [0.05, 0.1) is 0 Å². The van der Waals surface area contributed by atoms with Gasteiger partial charge in [0.2, 0.25) is 0 Å². The van der Waals surface area contributed by atoms with Gasteiger partial charge in [0, 0.05) is 0 Å². The van der Waals surface area contributed by atoms with E-state index in [1.807, 2.05) is 53.7 Å². The minimum Gasteiger partial charge on any atom is -0.507 e. The minimum atomic E-state index is 0.332. The molecule has 32 heavy (non-hydrogen) atoms. The molecule has 3 aromatic rings. The third-order valence-electron chi connectivity index (χ3n) is 7.41. The van der Waals surface area contributed by atoms with Crippen molar-refractivity contribution in [2.45, 2.75) is 75.2 Å².